The van der Waals surface area contributed by atoms with E-state index >= 15 is 0 Å². The molecule has 0 fully saturated rings. The van der Waals surface area contributed by atoms with E-state index < -0.39 is 5.97 Å². The van der Waals surface area contributed by atoms with Crippen LogP contribution in [0, 0.1) is 0 Å². The minimum atomic E-state index is -0.914. The summed E-state index contributed by atoms with van der Waals surface area (Å²) in [7, 11) is 1.59. The zero-order valence-electron chi connectivity index (χ0n) is 10.9. The van der Waals surface area contributed by atoms with E-state index in [0.29, 0.717) is 24.4 Å². The number of methoxy groups -OCH3 is 1. The molecule has 0 unspecified atom stereocenters. The maximum absolute atomic E-state index is 10.8. The Morgan fingerprint density at radius 3 is 2.61 bits per heavy atom. The predicted molar refractivity (Wildman–Crippen MR) is 69.3 cm³/mol. The van der Waals surface area contributed by atoms with Crippen LogP contribution in [0.3, 0.4) is 0 Å². The Labute approximate surface area is 107 Å². The number of carboxylic acid groups (broad SMARTS) is 1. The van der Waals surface area contributed by atoms with Crippen LogP contribution in [0.1, 0.15) is 19.4 Å². The van der Waals surface area contributed by atoms with Crippen molar-refractivity contribution in [3.63, 3.8) is 0 Å². The highest BCUT2D eigenvalue weighted by Crippen LogP contribution is 2.29. The molecular weight excluding hydrogens is 232 g/mol. The van der Waals surface area contributed by atoms with Crippen LogP contribution in [-0.4, -0.2) is 24.8 Å². The number of carbonyl (C=O) groups is 1. The number of carboxylic acids is 1. The summed E-state index contributed by atoms with van der Waals surface area (Å²) in [5.41, 5.74) is 1.17. The van der Waals surface area contributed by atoms with E-state index in [1.807, 2.05) is 25.1 Å². The Hall–Kier alpha value is -1.97. The molecule has 4 nitrogen and oxygen atoms in total. The van der Waals surface area contributed by atoms with Crippen LogP contribution in [0.2, 0.25) is 0 Å². The molecule has 0 aliphatic carbocycles. The number of benzene rings is 1. The van der Waals surface area contributed by atoms with Gasteiger partial charge >= 0.3 is 5.97 Å². The molecule has 0 aliphatic heterocycles. The van der Waals surface area contributed by atoms with Gasteiger partial charge in [0.2, 0.25) is 0 Å². The van der Waals surface area contributed by atoms with Crippen molar-refractivity contribution in [3.05, 3.63) is 35.4 Å². The Bertz CT molecular complexity index is 449. The Morgan fingerprint density at radius 1 is 1.39 bits per heavy atom. The Morgan fingerprint density at radius 2 is 2.06 bits per heavy atom. The third kappa shape index (κ3) is 3.52. The zero-order valence-corrected chi connectivity index (χ0v) is 10.9. The first-order valence-corrected chi connectivity index (χ1v) is 5.78. The lowest BCUT2D eigenvalue weighted by Gasteiger charge is -2.12. The first-order chi connectivity index (χ1) is 8.60. The number of ether oxygens (including phenoxy) is 2. The van der Waals surface area contributed by atoms with E-state index in [0.717, 1.165) is 11.3 Å². The van der Waals surface area contributed by atoms with E-state index in [1.54, 1.807) is 20.1 Å². The van der Waals surface area contributed by atoms with Crippen molar-refractivity contribution in [2.75, 3.05) is 13.7 Å². The van der Waals surface area contributed by atoms with Gasteiger partial charge in [0.05, 0.1) is 13.7 Å². The van der Waals surface area contributed by atoms with Gasteiger partial charge in [-0.3, -0.25) is 0 Å². The molecule has 0 saturated carbocycles. The molecule has 18 heavy (non-hydrogen) atoms. The fraction of sp³-hybridized carbons (Fsp3) is 0.357. The SMILES string of the molecule is CCOc1cccc(OC)c1C/C=C(\C)C(=O)O. The summed E-state index contributed by atoms with van der Waals surface area (Å²) in [5, 5.41) is 8.83. The average Bonchev–Trinajstić information content (AvgIpc) is 2.36. The third-order valence-corrected chi connectivity index (χ3v) is 2.56. The lowest BCUT2D eigenvalue weighted by molar-refractivity contribution is -0.132. The number of rotatable bonds is 6. The topological polar surface area (TPSA) is 55.8 Å². The van der Waals surface area contributed by atoms with E-state index in [9.17, 15) is 4.79 Å². The van der Waals surface area contributed by atoms with Gasteiger partial charge in [-0.15, -0.1) is 0 Å². The molecule has 1 aromatic carbocycles. The smallest absolute Gasteiger partial charge is 0.330 e. The zero-order chi connectivity index (χ0) is 13.5. The van der Waals surface area contributed by atoms with Crippen LogP contribution in [0.25, 0.3) is 0 Å². The number of hydrogen-bond donors (Lipinski definition) is 1. The lowest BCUT2D eigenvalue weighted by atomic mass is 10.1. The van der Waals surface area contributed by atoms with Gasteiger partial charge in [0.15, 0.2) is 0 Å². The van der Waals surface area contributed by atoms with E-state index in [1.165, 1.54) is 0 Å². The normalized spacial score (nSPS) is 11.2. The first-order valence-electron chi connectivity index (χ1n) is 5.78. The Kier molecular flexibility index (Phi) is 5.24. The molecule has 98 valence electrons. The van der Waals surface area contributed by atoms with Gasteiger partial charge in [-0.05, 0) is 32.4 Å². The van der Waals surface area contributed by atoms with Gasteiger partial charge in [-0.1, -0.05) is 12.1 Å². The number of allylic oxidation sites excluding steroid dienone is 1. The average molecular weight is 250 g/mol. The minimum Gasteiger partial charge on any atom is -0.496 e. The molecule has 0 atom stereocenters. The molecule has 0 amide bonds. The van der Waals surface area contributed by atoms with E-state index in [4.69, 9.17) is 14.6 Å². The van der Waals surface area contributed by atoms with Crippen molar-refractivity contribution in [1.29, 1.82) is 0 Å². The molecule has 0 bridgehead atoms. The molecule has 0 spiro atoms. The van der Waals surface area contributed by atoms with Crippen LogP contribution in [0.15, 0.2) is 29.8 Å². The third-order valence-electron chi connectivity index (χ3n) is 2.56. The molecule has 4 heteroatoms. The van der Waals surface area contributed by atoms with Gasteiger partial charge in [0, 0.05) is 11.1 Å². The molecule has 1 rings (SSSR count). The van der Waals surface area contributed by atoms with Crippen molar-refractivity contribution in [2.45, 2.75) is 20.3 Å². The maximum atomic E-state index is 10.8. The molecule has 1 aromatic rings. The second-order valence-corrected chi connectivity index (χ2v) is 3.77. The molecule has 0 radical (unpaired) electrons. The Balaban J connectivity index is 3.04. The molecule has 0 heterocycles. The van der Waals surface area contributed by atoms with Crippen molar-refractivity contribution in [1.82, 2.24) is 0 Å². The fourth-order valence-corrected chi connectivity index (χ4v) is 1.57. The summed E-state index contributed by atoms with van der Waals surface area (Å²) >= 11 is 0. The fourth-order valence-electron chi connectivity index (χ4n) is 1.57. The van der Waals surface area contributed by atoms with E-state index in [2.05, 4.69) is 0 Å². The van der Waals surface area contributed by atoms with Gasteiger partial charge in [-0.2, -0.15) is 0 Å². The maximum Gasteiger partial charge on any atom is 0.330 e. The van der Waals surface area contributed by atoms with Crippen molar-refractivity contribution in [3.8, 4) is 11.5 Å². The van der Waals surface area contributed by atoms with Crippen molar-refractivity contribution < 1.29 is 19.4 Å². The van der Waals surface area contributed by atoms with Gasteiger partial charge in [0.25, 0.3) is 0 Å². The van der Waals surface area contributed by atoms with Crippen LogP contribution >= 0.6 is 0 Å². The monoisotopic (exact) mass is 250 g/mol. The summed E-state index contributed by atoms with van der Waals surface area (Å²) in [6, 6.07) is 5.54. The summed E-state index contributed by atoms with van der Waals surface area (Å²) in [6.45, 7) is 4.03. The van der Waals surface area contributed by atoms with Gasteiger partial charge < -0.3 is 14.6 Å². The summed E-state index contributed by atoms with van der Waals surface area (Å²) in [5.74, 6) is 0.518. The standard InChI is InChI=1S/C14H18O4/c1-4-18-13-7-5-6-12(17-3)11(13)9-8-10(2)14(15)16/h5-8H,4,9H2,1-3H3,(H,15,16)/b10-8+. The second-order valence-electron chi connectivity index (χ2n) is 3.77. The highest BCUT2D eigenvalue weighted by molar-refractivity contribution is 5.85. The van der Waals surface area contributed by atoms with E-state index in [-0.39, 0.29) is 0 Å². The summed E-state index contributed by atoms with van der Waals surface area (Å²) in [6.07, 6.45) is 2.13. The molecule has 0 saturated heterocycles. The summed E-state index contributed by atoms with van der Waals surface area (Å²) in [4.78, 5) is 10.8. The quantitative estimate of drug-likeness (QED) is 0.789. The largest absolute Gasteiger partial charge is 0.496 e. The van der Waals surface area contributed by atoms with Crippen LogP contribution < -0.4 is 9.47 Å². The summed E-state index contributed by atoms with van der Waals surface area (Å²) < 4.78 is 10.8. The number of hydrogen-bond acceptors (Lipinski definition) is 3. The van der Waals surface area contributed by atoms with Gasteiger partial charge in [0.1, 0.15) is 11.5 Å². The molecule has 1 N–H and O–H groups in total. The molecule has 0 aliphatic rings. The lowest BCUT2D eigenvalue weighted by Crippen LogP contribution is -2.01. The van der Waals surface area contributed by atoms with Crippen LogP contribution in [-0.2, 0) is 11.2 Å². The van der Waals surface area contributed by atoms with Crippen molar-refractivity contribution >= 4 is 5.97 Å². The second kappa shape index (κ2) is 6.69. The van der Waals surface area contributed by atoms with Gasteiger partial charge in [-0.25, -0.2) is 4.79 Å². The van der Waals surface area contributed by atoms with Crippen molar-refractivity contribution in [2.24, 2.45) is 0 Å². The number of aliphatic carboxylic acids is 1. The van der Waals surface area contributed by atoms with Crippen LogP contribution in [0.4, 0.5) is 0 Å². The predicted octanol–water partition coefficient (Wildman–Crippen LogP) is 2.67. The minimum absolute atomic E-state index is 0.309. The molecular formula is C14H18O4. The highest BCUT2D eigenvalue weighted by Gasteiger charge is 2.09. The highest BCUT2D eigenvalue weighted by atomic mass is 16.5. The first kappa shape index (κ1) is 14.1. The van der Waals surface area contributed by atoms with Crippen LogP contribution in [0.5, 0.6) is 11.5 Å². The molecule has 0 aromatic heterocycles.